The van der Waals surface area contributed by atoms with Gasteiger partial charge in [0.15, 0.2) is 0 Å². The molecule has 0 amide bonds. The standard InChI is InChI=1S/C22H24N2O3/c1-4-15(2)21(17-10-6-5-7-11-17)22(26)27-14-18-13-20(25)24-16(3)9-8-12-19(24)23-18/h5-13,15,21H,4,14H2,1-3H3. The highest BCUT2D eigenvalue weighted by atomic mass is 16.5. The van der Waals surface area contributed by atoms with E-state index in [-0.39, 0.29) is 30.0 Å². The number of carbonyl (C=O) groups excluding carboxylic acids is 1. The lowest BCUT2D eigenvalue weighted by molar-refractivity contribution is -0.148. The molecule has 27 heavy (non-hydrogen) atoms. The summed E-state index contributed by atoms with van der Waals surface area (Å²) in [5, 5.41) is 0. The van der Waals surface area contributed by atoms with Gasteiger partial charge in [0.1, 0.15) is 12.3 Å². The fraction of sp³-hybridized carbons (Fsp3) is 0.318. The molecule has 0 aliphatic carbocycles. The van der Waals surface area contributed by atoms with Crippen LogP contribution in [0.25, 0.3) is 5.65 Å². The number of carbonyl (C=O) groups is 1. The Balaban J connectivity index is 1.81. The van der Waals surface area contributed by atoms with Gasteiger partial charge >= 0.3 is 5.97 Å². The molecule has 5 heteroatoms. The Morgan fingerprint density at radius 2 is 1.89 bits per heavy atom. The van der Waals surface area contributed by atoms with Gasteiger partial charge in [0.25, 0.3) is 5.56 Å². The summed E-state index contributed by atoms with van der Waals surface area (Å²) in [6, 6.07) is 16.6. The molecule has 5 nitrogen and oxygen atoms in total. The average molecular weight is 364 g/mol. The van der Waals surface area contributed by atoms with Crippen LogP contribution in [-0.2, 0) is 16.1 Å². The van der Waals surface area contributed by atoms with Crippen molar-refractivity contribution in [3.63, 3.8) is 0 Å². The second-order valence-corrected chi connectivity index (χ2v) is 6.83. The van der Waals surface area contributed by atoms with Crippen molar-refractivity contribution in [2.75, 3.05) is 0 Å². The molecule has 3 aromatic rings. The van der Waals surface area contributed by atoms with Crippen LogP contribution >= 0.6 is 0 Å². The average Bonchev–Trinajstić information content (AvgIpc) is 2.67. The molecule has 0 bridgehead atoms. The summed E-state index contributed by atoms with van der Waals surface area (Å²) in [4.78, 5) is 29.6. The molecular formula is C22H24N2O3. The molecule has 3 rings (SSSR count). The zero-order chi connectivity index (χ0) is 19.4. The molecule has 0 aliphatic heterocycles. The van der Waals surface area contributed by atoms with Crippen molar-refractivity contribution in [2.24, 2.45) is 5.92 Å². The van der Waals surface area contributed by atoms with E-state index in [2.05, 4.69) is 11.9 Å². The van der Waals surface area contributed by atoms with Crippen LogP contribution in [0.5, 0.6) is 0 Å². The number of fused-ring (bicyclic) bond motifs is 1. The van der Waals surface area contributed by atoms with Crippen LogP contribution < -0.4 is 5.56 Å². The van der Waals surface area contributed by atoms with Crippen LogP contribution in [-0.4, -0.2) is 15.4 Å². The van der Waals surface area contributed by atoms with E-state index < -0.39 is 0 Å². The second-order valence-electron chi connectivity index (χ2n) is 6.83. The molecule has 0 N–H and O–H groups in total. The Morgan fingerprint density at radius 3 is 2.59 bits per heavy atom. The molecule has 0 spiro atoms. The minimum Gasteiger partial charge on any atom is -0.459 e. The number of benzene rings is 1. The normalized spacial score (nSPS) is 13.3. The van der Waals surface area contributed by atoms with Gasteiger partial charge in [-0.15, -0.1) is 0 Å². The monoisotopic (exact) mass is 364 g/mol. The van der Waals surface area contributed by atoms with Gasteiger partial charge in [-0.05, 0) is 30.5 Å². The topological polar surface area (TPSA) is 60.7 Å². The highest BCUT2D eigenvalue weighted by Crippen LogP contribution is 2.28. The molecule has 0 saturated carbocycles. The predicted molar refractivity (Wildman–Crippen MR) is 105 cm³/mol. The molecule has 2 unspecified atom stereocenters. The number of nitrogens with zero attached hydrogens (tertiary/aromatic N) is 2. The number of pyridine rings is 1. The Hall–Kier alpha value is -2.95. The molecule has 2 heterocycles. The van der Waals surface area contributed by atoms with Crippen LogP contribution in [0.3, 0.4) is 0 Å². The quantitative estimate of drug-likeness (QED) is 0.623. The molecule has 2 aromatic heterocycles. The minimum absolute atomic E-state index is 0.0156. The number of hydrogen-bond donors (Lipinski definition) is 0. The molecule has 140 valence electrons. The number of aromatic nitrogens is 2. The van der Waals surface area contributed by atoms with E-state index in [0.717, 1.165) is 17.7 Å². The molecule has 0 fully saturated rings. The summed E-state index contributed by atoms with van der Waals surface area (Å²) in [6.45, 7) is 5.94. The van der Waals surface area contributed by atoms with E-state index in [1.807, 2.05) is 56.3 Å². The van der Waals surface area contributed by atoms with Crippen LogP contribution in [0, 0.1) is 12.8 Å². The Morgan fingerprint density at radius 1 is 1.15 bits per heavy atom. The Labute approximate surface area is 158 Å². The molecule has 1 aromatic carbocycles. The summed E-state index contributed by atoms with van der Waals surface area (Å²) in [5.41, 5.74) is 2.59. The van der Waals surface area contributed by atoms with E-state index in [4.69, 9.17) is 4.74 Å². The molecule has 0 radical (unpaired) electrons. The maximum absolute atomic E-state index is 12.8. The van der Waals surface area contributed by atoms with Crippen LogP contribution in [0.1, 0.15) is 43.1 Å². The Kier molecular flexibility index (Phi) is 5.69. The van der Waals surface area contributed by atoms with Gasteiger partial charge in [0.2, 0.25) is 0 Å². The van der Waals surface area contributed by atoms with E-state index in [1.54, 1.807) is 6.07 Å². The number of ether oxygens (including phenoxy) is 1. The third kappa shape index (κ3) is 4.08. The first kappa shape index (κ1) is 18.8. The van der Waals surface area contributed by atoms with Crippen molar-refractivity contribution >= 4 is 11.6 Å². The largest absolute Gasteiger partial charge is 0.459 e. The second kappa shape index (κ2) is 8.16. The lowest BCUT2D eigenvalue weighted by Crippen LogP contribution is -2.23. The van der Waals surface area contributed by atoms with E-state index >= 15 is 0 Å². The van der Waals surface area contributed by atoms with Crippen LogP contribution in [0.4, 0.5) is 0 Å². The molecule has 0 saturated heterocycles. The van der Waals surface area contributed by atoms with Crippen LogP contribution in [0.2, 0.25) is 0 Å². The third-order valence-corrected chi connectivity index (χ3v) is 4.92. The first-order valence-electron chi connectivity index (χ1n) is 9.21. The molecular weight excluding hydrogens is 340 g/mol. The van der Waals surface area contributed by atoms with Crippen molar-refractivity contribution < 1.29 is 9.53 Å². The smallest absolute Gasteiger partial charge is 0.314 e. The van der Waals surface area contributed by atoms with Gasteiger partial charge in [-0.1, -0.05) is 56.7 Å². The number of esters is 1. The summed E-state index contributed by atoms with van der Waals surface area (Å²) >= 11 is 0. The van der Waals surface area contributed by atoms with Gasteiger partial charge in [-0.2, -0.15) is 0 Å². The van der Waals surface area contributed by atoms with Gasteiger partial charge in [-0.3, -0.25) is 14.0 Å². The van der Waals surface area contributed by atoms with Gasteiger partial charge in [-0.25, -0.2) is 4.98 Å². The van der Waals surface area contributed by atoms with E-state index in [0.29, 0.717) is 11.3 Å². The molecule has 0 aliphatic rings. The zero-order valence-corrected chi connectivity index (χ0v) is 15.9. The van der Waals surface area contributed by atoms with Crippen molar-refractivity contribution in [1.82, 2.24) is 9.38 Å². The Bertz CT molecular complexity index is 995. The fourth-order valence-corrected chi connectivity index (χ4v) is 3.27. The van der Waals surface area contributed by atoms with Crippen LogP contribution in [0.15, 0.2) is 59.4 Å². The SMILES string of the molecule is CCC(C)C(C(=O)OCc1cc(=O)n2c(C)cccc2n1)c1ccccc1. The zero-order valence-electron chi connectivity index (χ0n) is 15.9. The maximum atomic E-state index is 12.8. The van der Waals surface area contributed by atoms with Crippen molar-refractivity contribution in [3.8, 4) is 0 Å². The van der Waals surface area contributed by atoms with Crippen molar-refractivity contribution in [3.05, 3.63) is 81.9 Å². The number of hydrogen-bond acceptors (Lipinski definition) is 4. The molecule has 2 atom stereocenters. The van der Waals surface area contributed by atoms with Gasteiger partial charge in [0.05, 0.1) is 11.6 Å². The third-order valence-electron chi connectivity index (χ3n) is 4.92. The van der Waals surface area contributed by atoms with Crippen molar-refractivity contribution in [2.45, 2.75) is 39.7 Å². The van der Waals surface area contributed by atoms with E-state index in [9.17, 15) is 9.59 Å². The lowest BCUT2D eigenvalue weighted by Gasteiger charge is -2.21. The van der Waals surface area contributed by atoms with Gasteiger partial charge in [0, 0.05) is 11.8 Å². The number of rotatable bonds is 6. The summed E-state index contributed by atoms with van der Waals surface area (Å²) in [7, 11) is 0. The highest BCUT2D eigenvalue weighted by molar-refractivity contribution is 5.78. The van der Waals surface area contributed by atoms with Crippen molar-refractivity contribution in [1.29, 1.82) is 0 Å². The maximum Gasteiger partial charge on any atom is 0.314 e. The van der Waals surface area contributed by atoms with E-state index in [1.165, 1.54) is 10.5 Å². The lowest BCUT2D eigenvalue weighted by atomic mass is 9.86. The highest BCUT2D eigenvalue weighted by Gasteiger charge is 2.27. The first-order chi connectivity index (χ1) is 13.0. The summed E-state index contributed by atoms with van der Waals surface area (Å²) < 4.78 is 7.09. The minimum atomic E-state index is -0.333. The summed E-state index contributed by atoms with van der Waals surface area (Å²) in [6.07, 6.45) is 0.865. The first-order valence-corrected chi connectivity index (χ1v) is 9.21. The van der Waals surface area contributed by atoms with Gasteiger partial charge < -0.3 is 4.74 Å². The number of aryl methyl sites for hydroxylation is 1. The fourth-order valence-electron chi connectivity index (χ4n) is 3.27. The predicted octanol–water partition coefficient (Wildman–Crippen LogP) is 3.88. The summed E-state index contributed by atoms with van der Waals surface area (Å²) in [5.74, 6) is -0.473.